The number of carbonyl (C=O) groups is 1. The number of anilines is 1. The van der Waals surface area contributed by atoms with Crippen molar-refractivity contribution in [2.24, 2.45) is 0 Å². The van der Waals surface area contributed by atoms with Gasteiger partial charge in [-0.25, -0.2) is 14.1 Å². The van der Waals surface area contributed by atoms with Crippen molar-refractivity contribution >= 4 is 23.1 Å². The number of hydrogen-bond acceptors (Lipinski definition) is 4. The zero-order valence-electron chi connectivity index (χ0n) is 15.4. The minimum atomic E-state index is -0.321. The van der Waals surface area contributed by atoms with Crippen LogP contribution in [-0.4, -0.2) is 20.7 Å². The van der Waals surface area contributed by atoms with Gasteiger partial charge in [0.2, 0.25) is 0 Å². The summed E-state index contributed by atoms with van der Waals surface area (Å²) in [6, 6.07) is 7.86. The molecule has 0 saturated carbocycles. The van der Waals surface area contributed by atoms with Crippen LogP contribution < -0.4 is 5.32 Å². The fourth-order valence-corrected chi connectivity index (χ4v) is 3.35. The van der Waals surface area contributed by atoms with E-state index < -0.39 is 0 Å². The van der Waals surface area contributed by atoms with Crippen molar-refractivity contribution < 1.29 is 9.18 Å². The van der Waals surface area contributed by atoms with Gasteiger partial charge in [0.05, 0.1) is 22.1 Å². The van der Waals surface area contributed by atoms with Crippen LogP contribution in [-0.2, 0) is 5.41 Å². The van der Waals surface area contributed by atoms with Gasteiger partial charge in [0, 0.05) is 11.5 Å². The Balaban J connectivity index is 2.02. The fourth-order valence-electron chi connectivity index (χ4n) is 2.53. The van der Waals surface area contributed by atoms with E-state index in [2.05, 4.69) is 15.4 Å². The van der Waals surface area contributed by atoms with Gasteiger partial charge in [0.1, 0.15) is 16.5 Å². The molecule has 2 heterocycles. The normalized spacial score (nSPS) is 11.6. The van der Waals surface area contributed by atoms with Crippen molar-refractivity contribution in [3.8, 4) is 5.69 Å². The Morgan fingerprint density at radius 2 is 1.85 bits per heavy atom. The predicted octanol–water partition coefficient (Wildman–Crippen LogP) is 4.63. The molecular formula is C19H21FN4OS. The molecule has 0 saturated heterocycles. The number of benzene rings is 1. The summed E-state index contributed by atoms with van der Waals surface area (Å²) in [6.07, 6.45) is 0. The van der Waals surface area contributed by atoms with E-state index in [4.69, 9.17) is 0 Å². The van der Waals surface area contributed by atoms with E-state index in [0.29, 0.717) is 22.1 Å². The molecule has 0 spiro atoms. The minimum absolute atomic E-state index is 0.193. The van der Waals surface area contributed by atoms with Crippen LogP contribution >= 0.6 is 11.3 Å². The van der Waals surface area contributed by atoms with E-state index in [-0.39, 0.29) is 17.1 Å². The first-order valence-electron chi connectivity index (χ1n) is 8.27. The average molecular weight is 372 g/mol. The molecule has 3 rings (SSSR count). The van der Waals surface area contributed by atoms with Crippen LogP contribution in [0.4, 0.5) is 10.2 Å². The van der Waals surface area contributed by atoms with Gasteiger partial charge in [-0.05, 0) is 38.1 Å². The number of aryl methyl sites for hydroxylation is 2. The summed E-state index contributed by atoms with van der Waals surface area (Å²) in [4.78, 5) is 17.6. The number of thiazole rings is 1. The van der Waals surface area contributed by atoms with E-state index in [0.717, 1.165) is 10.7 Å². The largest absolute Gasteiger partial charge is 0.306 e. The van der Waals surface area contributed by atoms with Crippen LogP contribution in [0.1, 0.15) is 46.8 Å². The van der Waals surface area contributed by atoms with Gasteiger partial charge >= 0.3 is 0 Å². The van der Waals surface area contributed by atoms with E-state index in [1.807, 2.05) is 40.7 Å². The number of hydrogen-bond donors (Lipinski definition) is 1. The molecule has 7 heteroatoms. The number of carbonyl (C=O) groups excluding carboxylic acids is 1. The summed E-state index contributed by atoms with van der Waals surface area (Å²) in [6.45, 7) is 9.83. The lowest BCUT2D eigenvalue weighted by Crippen LogP contribution is -2.15. The third kappa shape index (κ3) is 3.67. The van der Waals surface area contributed by atoms with Gasteiger partial charge in [-0.2, -0.15) is 5.10 Å². The third-order valence-electron chi connectivity index (χ3n) is 3.90. The standard InChI is InChI=1S/C19H21FN4OS/c1-11-17(26-12(2)21-11)18(25)22-16-10-15(19(3,4)5)23-24(16)14-8-6-13(20)7-9-14/h6-10H,1-5H3,(H,22,25). The third-order valence-corrected chi connectivity index (χ3v) is 4.97. The molecule has 1 aromatic carbocycles. The van der Waals surface area contributed by atoms with Crippen molar-refractivity contribution in [3.63, 3.8) is 0 Å². The molecule has 0 bridgehead atoms. The lowest BCUT2D eigenvalue weighted by Gasteiger charge is -2.14. The highest BCUT2D eigenvalue weighted by Gasteiger charge is 2.23. The topological polar surface area (TPSA) is 59.8 Å². The summed E-state index contributed by atoms with van der Waals surface area (Å²) in [5.41, 5.74) is 2.01. The molecule has 0 aliphatic rings. The zero-order valence-corrected chi connectivity index (χ0v) is 16.2. The molecule has 0 radical (unpaired) electrons. The van der Waals surface area contributed by atoms with Crippen molar-refractivity contribution in [2.45, 2.75) is 40.0 Å². The number of rotatable bonds is 3. The second-order valence-corrected chi connectivity index (χ2v) is 8.36. The Labute approximate surface area is 155 Å². The van der Waals surface area contributed by atoms with Crippen molar-refractivity contribution in [1.29, 1.82) is 0 Å². The Hall–Kier alpha value is -2.54. The molecule has 5 nitrogen and oxygen atoms in total. The molecule has 2 aromatic heterocycles. The van der Waals surface area contributed by atoms with Crippen LogP contribution in [0.25, 0.3) is 5.69 Å². The number of amides is 1. The summed E-state index contributed by atoms with van der Waals surface area (Å²) in [5.74, 6) is -0.00731. The van der Waals surface area contributed by atoms with Crippen molar-refractivity contribution in [1.82, 2.24) is 14.8 Å². The van der Waals surface area contributed by atoms with Crippen LogP contribution in [0.3, 0.4) is 0 Å². The maximum absolute atomic E-state index is 13.3. The van der Waals surface area contributed by atoms with Gasteiger partial charge in [0.25, 0.3) is 5.91 Å². The highest BCUT2D eigenvalue weighted by Crippen LogP contribution is 2.27. The molecule has 26 heavy (non-hydrogen) atoms. The summed E-state index contributed by atoms with van der Waals surface area (Å²) < 4.78 is 14.9. The highest BCUT2D eigenvalue weighted by atomic mass is 32.1. The Kier molecular flexibility index (Phi) is 4.66. The van der Waals surface area contributed by atoms with Gasteiger partial charge in [-0.15, -0.1) is 11.3 Å². The first kappa shape index (κ1) is 18.3. The Bertz CT molecular complexity index is 951. The SMILES string of the molecule is Cc1nc(C)c(C(=O)Nc2cc(C(C)(C)C)nn2-c2ccc(F)cc2)s1. The molecule has 3 aromatic rings. The van der Waals surface area contributed by atoms with Gasteiger partial charge in [0.15, 0.2) is 0 Å². The number of aromatic nitrogens is 3. The van der Waals surface area contributed by atoms with Crippen LogP contribution in [0.2, 0.25) is 0 Å². The summed E-state index contributed by atoms with van der Waals surface area (Å²) in [7, 11) is 0. The van der Waals surface area contributed by atoms with Crippen molar-refractivity contribution in [3.05, 3.63) is 57.4 Å². The van der Waals surface area contributed by atoms with Crippen molar-refractivity contribution in [2.75, 3.05) is 5.32 Å². The van der Waals surface area contributed by atoms with E-state index in [9.17, 15) is 9.18 Å². The monoisotopic (exact) mass is 372 g/mol. The minimum Gasteiger partial charge on any atom is -0.306 e. The molecule has 0 aliphatic carbocycles. The molecule has 1 amide bonds. The fraction of sp³-hybridized carbons (Fsp3) is 0.316. The predicted molar refractivity (Wildman–Crippen MR) is 102 cm³/mol. The van der Waals surface area contributed by atoms with Gasteiger partial charge in [-0.3, -0.25) is 4.79 Å². The van der Waals surface area contributed by atoms with E-state index >= 15 is 0 Å². The number of nitrogens with zero attached hydrogens (tertiary/aromatic N) is 3. The molecule has 136 valence electrons. The Morgan fingerprint density at radius 1 is 1.19 bits per heavy atom. The summed E-state index contributed by atoms with van der Waals surface area (Å²) >= 11 is 1.36. The maximum Gasteiger partial charge on any atom is 0.268 e. The Morgan fingerprint density at radius 3 is 2.38 bits per heavy atom. The first-order chi connectivity index (χ1) is 12.1. The molecule has 0 aliphatic heterocycles. The molecule has 1 N–H and O–H groups in total. The highest BCUT2D eigenvalue weighted by molar-refractivity contribution is 7.13. The van der Waals surface area contributed by atoms with Crippen LogP contribution in [0, 0.1) is 19.7 Å². The molecule has 0 unspecified atom stereocenters. The van der Waals surface area contributed by atoms with E-state index in [1.54, 1.807) is 16.8 Å². The van der Waals surface area contributed by atoms with Crippen LogP contribution in [0.5, 0.6) is 0 Å². The summed E-state index contributed by atoms with van der Waals surface area (Å²) in [5, 5.41) is 8.39. The van der Waals surface area contributed by atoms with Gasteiger partial charge in [-0.1, -0.05) is 20.8 Å². The van der Waals surface area contributed by atoms with E-state index in [1.165, 1.54) is 23.5 Å². The molecular weight excluding hydrogens is 351 g/mol. The smallest absolute Gasteiger partial charge is 0.268 e. The average Bonchev–Trinajstić information content (AvgIpc) is 3.11. The quantitative estimate of drug-likeness (QED) is 0.729. The second kappa shape index (κ2) is 6.64. The lowest BCUT2D eigenvalue weighted by molar-refractivity contribution is 0.102. The van der Waals surface area contributed by atoms with Gasteiger partial charge < -0.3 is 5.32 Å². The first-order valence-corrected chi connectivity index (χ1v) is 9.08. The molecule has 0 atom stereocenters. The number of nitrogens with one attached hydrogen (secondary N) is 1. The maximum atomic E-state index is 13.3. The second-order valence-electron chi connectivity index (χ2n) is 7.15. The molecule has 0 fully saturated rings. The zero-order chi connectivity index (χ0) is 19.1. The lowest BCUT2D eigenvalue weighted by atomic mass is 9.92. The number of halogens is 1. The van der Waals surface area contributed by atoms with Crippen LogP contribution in [0.15, 0.2) is 30.3 Å².